The molecule has 23 heavy (non-hydrogen) atoms. The largest absolute Gasteiger partial charge is 0.445 e. The summed E-state index contributed by atoms with van der Waals surface area (Å²) < 4.78 is 5.44. The van der Waals surface area contributed by atoms with Crippen LogP contribution in [0, 0.1) is 0 Å². The van der Waals surface area contributed by atoms with E-state index in [0.717, 1.165) is 31.5 Å². The fourth-order valence-electron chi connectivity index (χ4n) is 2.80. The van der Waals surface area contributed by atoms with Crippen molar-refractivity contribution in [1.82, 2.24) is 4.90 Å². The van der Waals surface area contributed by atoms with Gasteiger partial charge < -0.3 is 15.0 Å². The minimum Gasteiger partial charge on any atom is -0.445 e. The van der Waals surface area contributed by atoms with Crippen LogP contribution in [0.2, 0.25) is 0 Å². The van der Waals surface area contributed by atoms with Crippen molar-refractivity contribution >= 4 is 11.8 Å². The Kier molecular flexibility index (Phi) is 5.14. The lowest BCUT2D eigenvalue weighted by Gasteiger charge is -2.21. The van der Waals surface area contributed by atoms with Crippen LogP contribution in [0.4, 0.5) is 10.5 Å². The van der Waals surface area contributed by atoms with Gasteiger partial charge in [0.2, 0.25) is 0 Å². The minimum absolute atomic E-state index is 0.235. The molecule has 120 valence electrons. The summed E-state index contributed by atoms with van der Waals surface area (Å²) in [7, 11) is 0. The molecule has 4 nitrogen and oxygen atoms in total. The molecular weight excluding hydrogens is 288 g/mol. The number of nitrogens with zero attached hydrogens (tertiary/aromatic N) is 1. The van der Waals surface area contributed by atoms with E-state index >= 15 is 0 Å². The number of fused-ring (bicyclic) bond motifs is 1. The Morgan fingerprint density at radius 3 is 2.70 bits per heavy atom. The average molecular weight is 310 g/mol. The molecule has 1 amide bonds. The molecule has 0 fully saturated rings. The Bertz CT molecular complexity index is 614. The molecule has 0 aromatic heterocycles. The van der Waals surface area contributed by atoms with Gasteiger partial charge in [-0.2, -0.15) is 0 Å². The van der Waals surface area contributed by atoms with Crippen LogP contribution in [0.15, 0.2) is 54.6 Å². The van der Waals surface area contributed by atoms with Crippen molar-refractivity contribution < 1.29 is 9.53 Å². The molecule has 1 aliphatic heterocycles. The molecule has 0 spiro atoms. The second kappa shape index (κ2) is 7.68. The number of nitrogens with one attached hydrogen (secondary N) is 1. The lowest BCUT2D eigenvalue weighted by Crippen LogP contribution is -2.36. The van der Waals surface area contributed by atoms with Crippen LogP contribution in [-0.2, 0) is 17.8 Å². The third-order valence-electron chi connectivity index (χ3n) is 4.05. The van der Waals surface area contributed by atoms with E-state index in [0.29, 0.717) is 13.2 Å². The second-order valence-corrected chi connectivity index (χ2v) is 5.71. The van der Waals surface area contributed by atoms with Crippen LogP contribution >= 0.6 is 0 Å². The van der Waals surface area contributed by atoms with E-state index in [1.807, 2.05) is 36.4 Å². The van der Waals surface area contributed by atoms with Gasteiger partial charge in [-0.25, -0.2) is 4.79 Å². The van der Waals surface area contributed by atoms with E-state index in [-0.39, 0.29) is 6.09 Å². The molecule has 1 N–H and O–H groups in total. The number of para-hydroxylation sites is 1. The number of hydrogen-bond donors (Lipinski definition) is 1. The molecule has 2 aromatic rings. The average Bonchev–Trinajstić information content (AvgIpc) is 2.70. The molecule has 0 saturated heterocycles. The van der Waals surface area contributed by atoms with Gasteiger partial charge in [-0.15, -0.1) is 0 Å². The number of anilines is 1. The van der Waals surface area contributed by atoms with Crippen molar-refractivity contribution in [2.24, 2.45) is 0 Å². The van der Waals surface area contributed by atoms with Crippen molar-refractivity contribution in [2.75, 3.05) is 25.0 Å². The van der Waals surface area contributed by atoms with Crippen LogP contribution in [0.25, 0.3) is 0 Å². The Labute approximate surface area is 137 Å². The Hall–Kier alpha value is -2.49. The first-order chi connectivity index (χ1) is 11.3. The van der Waals surface area contributed by atoms with Gasteiger partial charge in [0.25, 0.3) is 0 Å². The van der Waals surface area contributed by atoms with Crippen molar-refractivity contribution in [3.05, 3.63) is 65.7 Å². The SMILES string of the molecule is O=C(OCc1ccccc1)N1CCCc2ccccc2NCC1. The molecule has 0 bridgehead atoms. The first-order valence-corrected chi connectivity index (χ1v) is 8.10. The zero-order valence-corrected chi connectivity index (χ0v) is 13.2. The highest BCUT2D eigenvalue weighted by atomic mass is 16.6. The number of carbonyl (C=O) groups excluding carboxylic acids is 1. The van der Waals surface area contributed by atoms with E-state index in [1.165, 1.54) is 11.3 Å². The van der Waals surface area contributed by atoms with E-state index in [2.05, 4.69) is 23.5 Å². The van der Waals surface area contributed by atoms with Crippen molar-refractivity contribution in [2.45, 2.75) is 19.4 Å². The number of hydrogen-bond acceptors (Lipinski definition) is 3. The number of carbonyl (C=O) groups is 1. The molecule has 1 aliphatic rings. The molecule has 0 radical (unpaired) electrons. The minimum atomic E-state index is -0.235. The summed E-state index contributed by atoms with van der Waals surface area (Å²) in [5.74, 6) is 0. The van der Waals surface area contributed by atoms with Crippen LogP contribution < -0.4 is 5.32 Å². The van der Waals surface area contributed by atoms with Crippen molar-refractivity contribution in [3.63, 3.8) is 0 Å². The van der Waals surface area contributed by atoms with Gasteiger partial charge in [0.1, 0.15) is 6.61 Å². The molecule has 1 heterocycles. The molecule has 4 heteroatoms. The van der Waals surface area contributed by atoms with Crippen LogP contribution in [0.1, 0.15) is 17.5 Å². The Morgan fingerprint density at radius 2 is 1.83 bits per heavy atom. The van der Waals surface area contributed by atoms with Crippen molar-refractivity contribution in [3.8, 4) is 0 Å². The summed E-state index contributed by atoms with van der Waals surface area (Å²) in [5, 5.41) is 3.41. The van der Waals surface area contributed by atoms with Gasteiger partial charge in [-0.3, -0.25) is 0 Å². The van der Waals surface area contributed by atoms with Gasteiger partial charge in [-0.1, -0.05) is 48.5 Å². The van der Waals surface area contributed by atoms with Crippen LogP contribution in [0.5, 0.6) is 0 Å². The predicted molar refractivity (Wildman–Crippen MR) is 91.5 cm³/mol. The summed E-state index contributed by atoms with van der Waals surface area (Å²) >= 11 is 0. The van der Waals surface area contributed by atoms with Gasteiger partial charge in [-0.05, 0) is 30.0 Å². The zero-order chi connectivity index (χ0) is 15.9. The smallest absolute Gasteiger partial charge is 0.410 e. The highest BCUT2D eigenvalue weighted by Gasteiger charge is 2.16. The number of rotatable bonds is 2. The first kappa shape index (κ1) is 15.4. The summed E-state index contributed by atoms with van der Waals surface area (Å²) in [6.07, 6.45) is 1.67. The van der Waals surface area contributed by atoms with Gasteiger partial charge in [0, 0.05) is 25.3 Å². The normalized spacial score (nSPS) is 14.7. The summed E-state index contributed by atoms with van der Waals surface area (Å²) in [4.78, 5) is 14.1. The lowest BCUT2D eigenvalue weighted by atomic mass is 10.1. The maximum atomic E-state index is 12.3. The Balaban J connectivity index is 1.55. The molecule has 0 aliphatic carbocycles. The van der Waals surface area contributed by atoms with Gasteiger partial charge in [0.15, 0.2) is 0 Å². The highest BCUT2D eigenvalue weighted by Crippen LogP contribution is 2.18. The van der Waals surface area contributed by atoms with Crippen molar-refractivity contribution in [1.29, 1.82) is 0 Å². The maximum Gasteiger partial charge on any atom is 0.410 e. The number of aryl methyl sites for hydroxylation is 1. The summed E-state index contributed by atoms with van der Waals surface area (Å²) in [6.45, 7) is 2.44. The fourth-order valence-corrected chi connectivity index (χ4v) is 2.80. The quantitative estimate of drug-likeness (QED) is 0.920. The lowest BCUT2D eigenvalue weighted by molar-refractivity contribution is 0.0972. The van der Waals surface area contributed by atoms with Crippen LogP contribution in [0.3, 0.4) is 0 Å². The fraction of sp³-hybridized carbons (Fsp3) is 0.316. The van der Waals surface area contributed by atoms with E-state index < -0.39 is 0 Å². The zero-order valence-electron chi connectivity index (χ0n) is 13.2. The summed E-state index contributed by atoms with van der Waals surface area (Å²) in [5.41, 5.74) is 3.50. The van der Waals surface area contributed by atoms with Gasteiger partial charge in [0.05, 0.1) is 0 Å². The first-order valence-electron chi connectivity index (χ1n) is 8.10. The van der Waals surface area contributed by atoms with Crippen LogP contribution in [-0.4, -0.2) is 30.6 Å². The molecule has 2 aromatic carbocycles. The van der Waals surface area contributed by atoms with E-state index in [4.69, 9.17) is 4.74 Å². The van der Waals surface area contributed by atoms with E-state index in [9.17, 15) is 4.79 Å². The molecular formula is C19H22N2O2. The number of benzene rings is 2. The monoisotopic (exact) mass is 310 g/mol. The topological polar surface area (TPSA) is 41.6 Å². The van der Waals surface area contributed by atoms with E-state index in [1.54, 1.807) is 4.90 Å². The van der Waals surface area contributed by atoms with Gasteiger partial charge >= 0.3 is 6.09 Å². The maximum absolute atomic E-state index is 12.3. The molecule has 0 atom stereocenters. The third kappa shape index (κ3) is 4.25. The second-order valence-electron chi connectivity index (χ2n) is 5.71. The number of amides is 1. The number of ether oxygens (including phenoxy) is 1. The predicted octanol–water partition coefficient (Wildman–Crippen LogP) is 3.68. The highest BCUT2D eigenvalue weighted by molar-refractivity contribution is 5.67. The molecule has 0 saturated carbocycles. The third-order valence-corrected chi connectivity index (χ3v) is 4.05. The molecule has 3 rings (SSSR count). The summed E-state index contributed by atoms with van der Waals surface area (Å²) in [6, 6.07) is 18.1. The standard InChI is InChI=1S/C19H22N2O2/c22-19(23-15-16-7-2-1-3-8-16)21-13-6-10-17-9-4-5-11-18(17)20-12-14-21/h1-5,7-9,11,20H,6,10,12-15H2. The Morgan fingerprint density at radius 1 is 1.04 bits per heavy atom. The molecule has 0 unspecified atom stereocenters.